The maximum Gasteiger partial charge on any atom is 0.306 e. The fraction of sp³-hybridized carbons (Fsp3) is 0.882. The summed E-state index contributed by atoms with van der Waals surface area (Å²) in [6, 6.07) is 0.729. The van der Waals surface area contributed by atoms with Crippen molar-refractivity contribution in [3.8, 4) is 0 Å². The van der Waals surface area contributed by atoms with Crippen LogP contribution in [0.4, 0.5) is 0 Å². The highest BCUT2D eigenvalue weighted by Gasteiger charge is 2.38. The predicted molar refractivity (Wildman–Crippen MR) is 101 cm³/mol. The first-order valence-corrected chi connectivity index (χ1v) is 11.6. The molecule has 25 heavy (non-hydrogen) atoms. The lowest BCUT2D eigenvalue weighted by Crippen LogP contribution is -2.44. The molecule has 6 unspecified atom stereocenters. The van der Waals surface area contributed by atoms with Crippen molar-refractivity contribution in [2.45, 2.75) is 67.5 Å². The molecule has 1 heterocycles. The topological polar surface area (TPSA) is 98.7 Å². The van der Waals surface area contributed by atoms with Gasteiger partial charge in [-0.2, -0.15) is 0 Å². The van der Waals surface area contributed by atoms with Gasteiger partial charge in [-0.15, -0.1) is 0 Å². The third-order valence-electron chi connectivity index (χ3n) is 5.75. The Labute approximate surface area is 156 Å². The lowest BCUT2D eigenvalue weighted by molar-refractivity contribution is -0.143. The van der Waals surface area contributed by atoms with Gasteiger partial charge in [0.05, 0.1) is 11.8 Å². The molecule has 4 N–H and O–H groups in total. The Morgan fingerprint density at radius 1 is 0.760 bits per heavy atom. The van der Waals surface area contributed by atoms with E-state index in [4.69, 9.17) is 0 Å². The second-order valence-corrected chi connectivity index (χ2v) is 10.2. The van der Waals surface area contributed by atoms with Crippen LogP contribution in [-0.4, -0.2) is 57.8 Å². The molecule has 142 valence electrons. The molecular weight excluding hydrogens is 360 g/mol. The largest absolute Gasteiger partial charge is 0.481 e. The van der Waals surface area contributed by atoms with E-state index in [2.05, 4.69) is 10.6 Å². The first-order chi connectivity index (χ1) is 12.0. The number of nitrogens with one attached hydrogen (secondary N) is 2. The van der Waals surface area contributed by atoms with E-state index in [-0.39, 0.29) is 22.3 Å². The molecule has 6 atom stereocenters. The van der Waals surface area contributed by atoms with Gasteiger partial charge in [-0.1, -0.05) is 21.6 Å². The SMILES string of the molecule is O=C(O)C1CCC2NCCCNC3CCC(C(=O)O)CC3SSC2C1. The van der Waals surface area contributed by atoms with Gasteiger partial charge in [-0.3, -0.25) is 9.59 Å². The third kappa shape index (κ3) is 5.05. The van der Waals surface area contributed by atoms with Crippen LogP contribution < -0.4 is 10.6 Å². The average molecular weight is 389 g/mol. The van der Waals surface area contributed by atoms with E-state index in [0.717, 1.165) is 45.2 Å². The molecule has 6 nitrogen and oxygen atoms in total. The van der Waals surface area contributed by atoms with Crippen molar-refractivity contribution >= 4 is 33.5 Å². The number of carbonyl (C=O) groups is 2. The Morgan fingerprint density at radius 3 is 1.60 bits per heavy atom. The van der Waals surface area contributed by atoms with E-state index in [0.29, 0.717) is 24.9 Å². The maximum absolute atomic E-state index is 11.4. The van der Waals surface area contributed by atoms with Gasteiger partial charge >= 0.3 is 11.9 Å². The van der Waals surface area contributed by atoms with E-state index in [1.54, 1.807) is 21.6 Å². The van der Waals surface area contributed by atoms with Crippen molar-refractivity contribution in [3.05, 3.63) is 0 Å². The molecule has 2 saturated carbocycles. The van der Waals surface area contributed by atoms with Gasteiger partial charge in [0.15, 0.2) is 0 Å². The Kier molecular flexibility index (Phi) is 6.93. The Balaban J connectivity index is 1.67. The summed E-state index contributed by atoms with van der Waals surface area (Å²) in [5, 5.41) is 26.6. The van der Waals surface area contributed by atoms with E-state index < -0.39 is 11.9 Å². The van der Waals surface area contributed by atoms with Crippen molar-refractivity contribution < 1.29 is 19.8 Å². The predicted octanol–water partition coefficient (Wildman–Crippen LogP) is 2.19. The molecule has 1 aliphatic heterocycles. The molecule has 0 aromatic carbocycles. The van der Waals surface area contributed by atoms with Crippen molar-refractivity contribution in [2.24, 2.45) is 11.8 Å². The first kappa shape index (κ1) is 19.3. The van der Waals surface area contributed by atoms with Crippen LogP contribution in [-0.2, 0) is 9.59 Å². The molecule has 0 bridgehead atoms. The molecule has 3 rings (SSSR count). The highest BCUT2D eigenvalue weighted by atomic mass is 33.1. The number of hydrogen-bond acceptors (Lipinski definition) is 6. The highest BCUT2D eigenvalue weighted by molar-refractivity contribution is 8.77. The molecule has 3 aliphatic rings. The smallest absolute Gasteiger partial charge is 0.306 e. The summed E-state index contributed by atoms with van der Waals surface area (Å²) in [5.41, 5.74) is 0. The summed E-state index contributed by atoms with van der Waals surface area (Å²) < 4.78 is 0. The normalized spacial score (nSPS) is 40.2. The van der Waals surface area contributed by atoms with E-state index in [1.165, 1.54) is 0 Å². The van der Waals surface area contributed by atoms with Gasteiger partial charge < -0.3 is 20.8 Å². The zero-order chi connectivity index (χ0) is 17.8. The fourth-order valence-electron chi connectivity index (χ4n) is 4.19. The van der Waals surface area contributed by atoms with Crippen LogP contribution in [0.25, 0.3) is 0 Å². The molecule has 0 amide bonds. The first-order valence-electron chi connectivity index (χ1n) is 9.29. The molecule has 3 fully saturated rings. The van der Waals surface area contributed by atoms with E-state index in [1.807, 2.05) is 0 Å². The van der Waals surface area contributed by atoms with Crippen LogP contribution in [0.1, 0.15) is 44.9 Å². The molecular formula is C17H28N2O4S2. The number of fused-ring (bicyclic) bond motifs is 2. The molecule has 8 heteroatoms. The van der Waals surface area contributed by atoms with Gasteiger partial charge in [0.1, 0.15) is 0 Å². The number of carboxylic acid groups (broad SMARTS) is 2. The Bertz CT molecular complexity index is 451. The van der Waals surface area contributed by atoms with E-state index >= 15 is 0 Å². The van der Waals surface area contributed by atoms with Crippen LogP contribution >= 0.6 is 21.6 Å². The number of aliphatic carboxylic acids is 2. The Morgan fingerprint density at radius 2 is 1.20 bits per heavy atom. The summed E-state index contributed by atoms with van der Waals surface area (Å²) in [6.07, 6.45) is 5.78. The van der Waals surface area contributed by atoms with Crippen LogP contribution in [0.2, 0.25) is 0 Å². The minimum absolute atomic E-state index is 0.242. The maximum atomic E-state index is 11.4. The summed E-state index contributed by atoms with van der Waals surface area (Å²) >= 11 is 0. The average Bonchev–Trinajstić information content (AvgIpc) is 2.63. The second-order valence-electron chi connectivity index (χ2n) is 7.44. The molecule has 2 aliphatic carbocycles. The van der Waals surface area contributed by atoms with Gasteiger partial charge in [-0.25, -0.2) is 0 Å². The quantitative estimate of drug-likeness (QED) is 0.535. The van der Waals surface area contributed by atoms with Crippen LogP contribution in [0.15, 0.2) is 0 Å². The van der Waals surface area contributed by atoms with Crippen LogP contribution in [0, 0.1) is 11.8 Å². The summed E-state index contributed by atoms with van der Waals surface area (Å²) in [5.74, 6) is -1.84. The molecule has 1 saturated heterocycles. The van der Waals surface area contributed by atoms with Crippen molar-refractivity contribution in [3.63, 3.8) is 0 Å². The number of carboxylic acids is 2. The number of hydrogen-bond donors (Lipinski definition) is 4. The minimum Gasteiger partial charge on any atom is -0.481 e. The van der Waals surface area contributed by atoms with Gasteiger partial charge in [-0.05, 0) is 58.0 Å². The Hall–Kier alpha value is -0.440. The summed E-state index contributed by atoms with van der Waals surface area (Å²) in [6.45, 7) is 1.90. The van der Waals surface area contributed by atoms with Gasteiger partial charge in [0.25, 0.3) is 0 Å². The van der Waals surface area contributed by atoms with E-state index in [9.17, 15) is 19.8 Å². The zero-order valence-corrected chi connectivity index (χ0v) is 16.0. The van der Waals surface area contributed by atoms with Gasteiger partial charge in [0.2, 0.25) is 0 Å². The number of rotatable bonds is 2. The second kappa shape index (κ2) is 8.97. The third-order valence-corrected chi connectivity index (χ3v) is 9.22. The minimum atomic E-state index is -0.679. The zero-order valence-electron chi connectivity index (χ0n) is 14.4. The van der Waals surface area contributed by atoms with Crippen LogP contribution in [0.5, 0.6) is 0 Å². The molecule has 0 spiro atoms. The molecule has 0 radical (unpaired) electrons. The lowest BCUT2D eigenvalue weighted by atomic mass is 9.85. The fourth-order valence-corrected chi connectivity index (χ4v) is 7.97. The van der Waals surface area contributed by atoms with Crippen molar-refractivity contribution in [1.29, 1.82) is 0 Å². The highest BCUT2D eigenvalue weighted by Crippen LogP contribution is 2.45. The molecule has 0 aromatic heterocycles. The van der Waals surface area contributed by atoms with Crippen LogP contribution in [0.3, 0.4) is 0 Å². The van der Waals surface area contributed by atoms with Crippen molar-refractivity contribution in [2.75, 3.05) is 13.1 Å². The van der Waals surface area contributed by atoms with Gasteiger partial charge in [0, 0.05) is 22.6 Å². The standard InChI is InChI=1S/C17H28N2O4S2/c20-16(21)10-2-4-12-14(8-10)24-25-15-9-11(17(22)23)3-5-13(15)19-7-1-6-18-12/h10-15,18-19H,1-9H2,(H,20,21)(H,22,23). The lowest BCUT2D eigenvalue weighted by Gasteiger charge is -2.37. The molecule has 0 aromatic rings. The monoisotopic (exact) mass is 388 g/mol. The summed E-state index contributed by atoms with van der Waals surface area (Å²) in [7, 11) is 3.58. The summed E-state index contributed by atoms with van der Waals surface area (Å²) in [4.78, 5) is 22.8. The van der Waals surface area contributed by atoms with Crippen molar-refractivity contribution in [1.82, 2.24) is 10.6 Å².